The highest BCUT2D eigenvalue weighted by atomic mass is 32.2. The number of amidine groups is 2. The van der Waals surface area contributed by atoms with Gasteiger partial charge in [-0.2, -0.15) is 8.61 Å². The average molecular weight is 755 g/mol. The fourth-order valence-electron chi connectivity index (χ4n) is 7.43. The zero-order valence-electron chi connectivity index (χ0n) is 31.8. The van der Waals surface area contributed by atoms with Gasteiger partial charge in [-0.05, 0) is 78.6 Å². The lowest BCUT2D eigenvalue weighted by Gasteiger charge is -2.44. The summed E-state index contributed by atoms with van der Waals surface area (Å²) in [7, 11) is -8.49. The van der Waals surface area contributed by atoms with Crippen LogP contribution in [0.25, 0.3) is 0 Å². The van der Waals surface area contributed by atoms with Crippen LogP contribution in [0.4, 0.5) is 0 Å². The van der Waals surface area contributed by atoms with Crippen LogP contribution < -0.4 is 0 Å². The first-order valence-electron chi connectivity index (χ1n) is 18.3. The Labute approximate surface area is 310 Å². The highest BCUT2D eigenvalue weighted by Gasteiger charge is 2.61. The standard InChI is InChI=1S/C38H54N6O6S2/c1-9-11-21-39-33-31(37(5,6)35(45)43(33)51(47,48)29-17-13-27(3)14-18-29)41-23-25-42(26-24-41)32-34(40-22-12-10-2)44(36(46)38(32,7)8)52(49,50)30-19-15-28(4)16-20-30/h13-20,31-32H,9-12,21-26H2,1-8H3/b39-33+,40-34+. The smallest absolute Gasteiger partial charge is 0.271 e. The SMILES string of the molecule is CCCC/N=C1\C(N2CCN(C3/C(=N\CCCC)N(S(=O)(=O)c4ccc(C)cc4)C(=O)C3(C)C)CC2)C(C)(C)C(=O)N1S(=O)(=O)c1ccc(C)cc1. The van der Waals surface area contributed by atoms with Gasteiger partial charge in [-0.3, -0.25) is 29.4 Å². The molecule has 52 heavy (non-hydrogen) atoms. The maximum atomic E-state index is 14.2. The second-order valence-electron chi connectivity index (χ2n) is 15.3. The second kappa shape index (κ2) is 15.1. The van der Waals surface area contributed by atoms with Crippen LogP contribution in [0.1, 0.15) is 78.4 Å². The van der Waals surface area contributed by atoms with E-state index in [9.17, 15) is 26.4 Å². The summed E-state index contributed by atoms with van der Waals surface area (Å²) in [5.41, 5.74) is -0.416. The molecule has 3 saturated heterocycles. The molecule has 0 radical (unpaired) electrons. The highest BCUT2D eigenvalue weighted by molar-refractivity contribution is 7.90. The number of carbonyl (C=O) groups excluding carboxylic acids is 2. The van der Waals surface area contributed by atoms with Crippen molar-refractivity contribution in [3.05, 3.63) is 59.7 Å². The molecule has 3 heterocycles. The lowest BCUT2D eigenvalue weighted by atomic mass is 9.83. The van der Waals surface area contributed by atoms with Crippen LogP contribution in [0, 0.1) is 24.7 Å². The van der Waals surface area contributed by atoms with Gasteiger partial charge < -0.3 is 0 Å². The molecule has 0 N–H and O–H groups in total. The topological polar surface area (TPSA) is 140 Å². The molecule has 3 aliphatic rings. The number of nitrogens with zero attached hydrogens (tertiary/aromatic N) is 6. The van der Waals surface area contributed by atoms with Crippen LogP contribution in [0.2, 0.25) is 0 Å². The third-order valence-electron chi connectivity index (χ3n) is 10.5. The Kier molecular flexibility index (Phi) is 11.6. The minimum absolute atomic E-state index is 0.0316. The van der Waals surface area contributed by atoms with E-state index in [1.807, 2.05) is 27.7 Å². The lowest BCUT2D eigenvalue weighted by Crippen LogP contribution is -2.60. The largest absolute Gasteiger partial charge is 0.290 e. The highest BCUT2D eigenvalue weighted by Crippen LogP contribution is 2.43. The van der Waals surface area contributed by atoms with Gasteiger partial charge in [0, 0.05) is 39.3 Å². The van der Waals surface area contributed by atoms with Gasteiger partial charge in [0.05, 0.1) is 32.7 Å². The zero-order chi connectivity index (χ0) is 38.2. The van der Waals surface area contributed by atoms with Gasteiger partial charge >= 0.3 is 0 Å². The molecule has 0 spiro atoms. The van der Waals surface area contributed by atoms with E-state index in [1.54, 1.807) is 52.0 Å². The molecular formula is C38H54N6O6S2. The van der Waals surface area contributed by atoms with Gasteiger partial charge in [0.2, 0.25) is 11.8 Å². The lowest BCUT2D eigenvalue weighted by molar-refractivity contribution is -0.133. The fraction of sp³-hybridized carbons (Fsp3) is 0.579. The number of hydrogen-bond donors (Lipinski definition) is 0. The van der Waals surface area contributed by atoms with Crippen molar-refractivity contribution in [3.63, 3.8) is 0 Å². The normalized spacial score (nSPS) is 24.5. The first-order valence-corrected chi connectivity index (χ1v) is 21.2. The van der Waals surface area contributed by atoms with Crippen molar-refractivity contribution in [1.29, 1.82) is 0 Å². The Hall–Kier alpha value is -3.46. The van der Waals surface area contributed by atoms with Gasteiger partial charge in [-0.15, -0.1) is 0 Å². The minimum Gasteiger partial charge on any atom is -0.290 e. The third kappa shape index (κ3) is 7.11. The summed E-state index contributed by atoms with van der Waals surface area (Å²) >= 11 is 0. The number of aliphatic imine (C=N–C) groups is 2. The summed E-state index contributed by atoms with van der Waals surface area (Å²) in [6, 6.07) is 11.7. The van der Waals surface area contributed by atoms with Crippen LogP contribution in [0.5, 0.6) is 0 Å². The van der Waals surface area contributed by atoms with Crippen molar-refractivity contribution in [1.82, 2.24) is 18.4 Å². The summed E-state index contributed by atoms with van der Waals surface area (Å²) in [5.74, 6) is -0.599. The monoisotopic (exact) mass is 754 g/mol. The van der Waals surface area contributed by atoms with Gasteiger partial charge in [-0.1, -0.05) is 62.1 Å². The van der Waals surface area contributed by atoms with E-state index in [0.717, 1.165) is 45.4 Å². The summed E-state index contributed by atoms with van der Waals surface area (Å²) in [6.07, 6.45) is 3.20. The average Bonchev–Trinajstić information content (AvgIpc) is 3.42. The molecule has 2 aromatic carbocycles. The van der Waals surface area contributed by atoms with Crippen LogP contribution in [0.15, 0.2) is 68.3 Å². The molecule has 3 fully saturated rings. The molecule has 0 saturated carbocycles. The van der Waals surface area contributed by atoms with E-state index >= 15 is 0 Å². The molecular weight excluding hydrogens is 701 g/mol. The summed E-state index contributed by atoms with van der Waals surface area (Å²) in [6.45, 7) is 17.4. The second-order valence-corrected chi connectivity index (χ2v) is 18.9. The van der Waals surface area contributed by atoms with Crippen LogP contribution >= 0.6 is 0 Å². The number of carbonyl (C=O) groups is 2. The maximum Gasteiger partial charge on any atom is 0.271 e. The Balaban J connectivity index is 1.48. The minimum atomic E-state index is -4.24. The summed E-state index contributed by atoms with van der Waals surface area (Å²) < 4.78 is 58.3. The van der Waals surface area contributed by atoms with Gasteiger partial charge in [-0.25, -0.2) is 16.8 Å². The quantitative estimate of drug-likeness (QED) is 0.280. The number of aryl methyl sites for hydroxylation is 2. The Morgan fingerprint density at radius 3 is 1.19 bits per heavy atom. The van der Waals surface area contributed by atoms with E-state index in [0.29, 0.717) is 39.3 Å². The molecule has 12 nitrogen and oxygen atoms in total. The van der Waals surface area contributed by atoms with E-state index in [2.05, 4.69) is 9.80 Å². The van der Waals surface area contributed by atoms with Gasteiger partial charge in [0.25, 0.3) is 20.0 Å². The molecule has 2 aromatic rings. The van der Waals surface area contributed by atoms with E-state index in [-0.39, 0.29) is 21.5 Å². The van der Waals surface area contributed by atoms with Crippen molar-refractivity contribution in [3.8, 4) is 0 Å². The maximum absolute atomic E-state index is 14.2. The van der Waals surface area contributed by atoms with Crippen molar-refractivity contribution in [2.24, 2.45) is 20.8 Å². The van der Waals surface area contributed by atoms with Gasteiger partial charge in [0.1, 0.15) is 11.7 Å². The molecule has 2 amide bonds. The Bertz CT molecular complexity index is 1790. The number of amides is 2. The van der Waals surface area contributed by atoms with E-state index in [4.69, 9.17) is 9.98 Å². The number of piperazine rings is 1. The van der Waals surface area contributed by atoms with E-state index < -0.39 is 54.8 Å². The Morgan fingerprint density at radius 1 is 0.596 bits per heavy atom. The molecule has 0 bridgehead atoms. The number of hydrogen-bond acceptors (Lipinski definition) is 10. The van der Waals surface area contributed by atoms with E-state index in [1.165, 1.54) is 24.3 Å². The van der Waals surface area contributed by atoms with Gasteiger partial charge in [0.15, 0.2) is 0 Å². The molecule has 2 atom stereocenters. The number of benzene rings is 2. The third-order valence-corrected chi connectivity index (χ3v) is 13.9. The summed E-state index contributed by atoms with van der Waals surface area (Å²) in [5, 5.41) is 0. The van der Waals surface area contributed by atoms with Crippen molar-refractivity contribution in [2.75, 3.05) is 39.3 Å². The predicted molar refractivity (Wildman–Crippen MR) is 203 cm³/mol. The molecule has 2 unspecified atom stereocenters. The van der Waals surface area contributed by atoms with Crippen molar-refractivity contribution >= 4 is 43.5 Å². The van der Waals surface area contributed by atoms with Crippen LogP contribution in [-0.4, -0.2) is 110 Å². The fourth-order valence-corrected chi connectivity index (χ4v) is 10.5. The molecule has 0 aromatic heterocycles. The number of unbranched alkanes of at least 4 members (excludes halogenated alkanes) is 2. The molecule has 14 heteroatoms. The molecule has 284 valence electrons. The summed E-state index contributed by atoms with van der Waals surface area (Å²) in [4.78, 5) is 42.2. The van der Waals surface area contributed by atoms with Crippen LogP contribution in [-0.2, 0) is 29.6 Å². The van der Waals surface area contributed by atoms with Crippen LogP contribution in [0.3, 0.4) is 0 Å². The Morgan fingerprint density at radius 2 is 0.904 bits per heavy atom. The number of rotatable bonds is 12. The zero-order valence-corrected chi connectivity index (χ0v) is 33.4. The van der Waals surface area contributed by atoms with Crippen molar-refractivity contribution in [2.45, 2.75) is 103 Å². The number of sulfonamides is 2. The molecule has 0 aliphatic carbocycles. The first-order chi connectivity index (χ1) is 24.4. The first kappa shape index (κ1) is 39.7. The molecule has 5 rings (SSSR count). The predicted octanol–water partition coefficient (Wildman–Crippen LogP) is 4.87. The van der Waals surface area contributed by atoms with Crippen molar-refractivity contribution < 1.29 is 26.4 Å². The molecule has 3 aliphatic heterocycles.